The molecule has 0 aromatic heterocycles. The van der Waals surface area contributed by atoms with Crippen LogP contribution in [0, 0.1) is 20.2 Å². The summed E-state index contributed by atoms with van der Waals surface area (Å²) in [6.45, 7) is 1.75. The van der Waals surface area contributed by atoms with Gasteiger partial charge in [0.2, 0.25) is 11.4 Å². The van der Waals surface area contributed by atoms with Crippen molar-refractivity contribution in [2.24, 2.45) is 0 Å². The van der Waals surface area contributed by atoms with Crippen molar-refractivity contribution in [2.75, 3.05) is 0 Å². The fourth-order valence-electron chi connectivity index (χ4n) is 2.34. The minimum absolute atomic E-state index is 0.217. The minimum Gasteiger partial charge on any atom is -0.291 e. The van der Waals surface area contributed by atoms with Crippen molar-refractivity contribution in [1.29, 1.82) is 0 Å². The van der Waals surface area contributed by atoms with Gasteiger partial charge in [0.25, 0.3) is 0 Å². The maximum absolute atomic E-state index is 11.0. The van der Waals surface area contributed by atoms with Crippen LogP contribution in [0.25, 0.3) is 0 Å². The van der Waals surface area contributed by atoms with Crippen LogP contribution in [0.1, 0.15) is 71.1 Å². The van der Waals surface area contributed by atoms with E-state index in [0.717, 1.165) is 25.7 Å². The molecule has 0 fully saturated rings. The zero-order valence-corrected chi connectivity index (χ0v) is 16.0. The highest BCUT2D eigenvalue weighted by Gasteiger charge is 2.08. The lowest BCUT2D eigenvalue weighted by atomic mass is 10.1. The van der Waals surface area contributed by atoms with E-state index < -0.39 is 0 Å². The fourth-order valence-corrected chi connectivity index (χ4v) is 2.34. The topological polar surface area (TPSA) is 103 Å². The van der Waals surface area contributed by atoms with Crippen molar-refractivity contribution in [3.8, 4) is 0 Å². The molecule has 149 valence electrons. The Morgan fingerprint density at radius 1 is 0.815 bits per heavy atom. The van der Waals surface area contributed by atoms with Crippen molar-refractivity contribution in [2.45, 2.75) is 71.1 Å². The summed E-state index contributed by atoms with van der Waals surface area (Å²) in [5, 5.41) is 21.7. The maximum Gasteiger partial charge on any atom is 0.242 e. The van der Waals surface area contributed by atoms with Crippen LogP contribution in [-0.4, -0.2) is 16.1 Å². The summed E-state index contributed by atoms with van der Waals surface area (Å²) in [5.41, 5.74) is 0.448. The first-order chi connectivity index (χ1) is 13.0. The van der Waals surface area contributed by atoms with Gasteiger partial charge < -0.3 is 0 Å². The average Bonchev–Trinajstić information content (AvgIpc) is 2.63. The van der Waals surface area contributed by atoms with Crippen LogP contribution in [0.3, 0.4) is 0 Å². The average molecular weight is 377 g/mol. The van der Waals surface area contributed by atoms with E-state index in [0.29, 0.717) is 38.5 Å². The van der Waals surface area contributed by atoms with Gasteiger partial charge in [-0.2, -0.15) is 0 Å². The van der Waals surface area contributed by atoms with Gasteiger partial charge in [-0.25, -0.2) is 0 Å². The van der Waals surface area contributed by atoms with Gasteiger partial charge in [0, 0.05) is 19.3 Å². The summed E-state index contributed by atoms with van der Waals surface area (Å²) < 4.78 is 0. The Kier molecular flexibility index (Phi) is 15.3. The Labute approximate surface area is 160 Å². The monoisotopic (exact) mass is 377 g/mol. The van der Waals surface area contributed by atoms with Crippen LogP contribution in [0.2, 0.25) is 0 Å². The third-order valence-corrected chi connectivity index (χ3v) is 3.88. The highest BCUT2D eigenvalue weighted by molar-refractivity contribution is 5.50. The standard InChI is InChI=1S/C20H29N2O5/c1-2-19(21(24)25)15-11-7-4-3-5-8-12-16-20(22(26)27)17-13-9-6-10-14-18-23/h4-5,7-8,15-16H,2-3,6,9-14,17H2,1H3/b7-4-,8-5-,19-15+,20-16+. The Balaban J connectivity index is 4.11. The number of unbranched alkanes of at least 4 members (excludes halogenated alkanes) is 4. The molecule has 0 aromatic carbocycles. The second-order valence-corrected chi connectivity index (χ2v) is 5.97. The molecule has 0 amide bonds. The van der Waals surface area contributed by atoms with Crippen LogP contribution in [0.4, 0.5) is 0 Å². The number of nitro groups is 2. The normalized spacial score (nSPS) is 12.8. The number of nitrogens with zero attached hydrogens (tertiary/aromatic N) is 2. The molecule has 0 aliphatic heterocycles. The molecule has 0 rings (SSSR count). The van der Waals surface area contributed by atoms with Gasteiger partial charge in [-0.05, 0) is 44.3 Å². The number of rotatable bonds is 16. The molecule has 0 bridgehead atoms. The molecular formula is C20H29N2O5. The zero-order chi connectivity index (χ0) is 20.3. The third kappa shape index (κ3) is 14.3. The van der Waals surface area contributed by atoms with Crippen LogP contribution < -0.4 is 0 Å². The van der Waals surface area contributed by atoms with Crippen molar-refractivity contribution in [3.05, 3.63) is 68.1 Å². The Hall–Kier alpha value is -2.57. The lowest BCUT2D eigenvalue weighted by molar-refractivity contribution is -0.428. The van der Waals surface area contributed by atoms with Gasteiger partial charge in [-0.15, -0.1) is 0 Å². The molecule has 0 saturated carbocycles. The predicted octanol–water partition coefficient (Wildman–Crippen LogP) is 5.45. The molecule has 0 unspecified atom stereocenters. The molecule has 0 atom stereocenters. The van der Waals surface area contributed by atoms with Crippen LogP contribution in [-0.2, 0) is 4.79 Å². The van der Waals surface area contributed by atoms with E-state index in [2.05, 4.69) is 0 Å². The van der Waals surface area contributed by atoms with Gasteiger partial charge in [0.05, 0.1) is 9.85 Å². The molecule has 27 heavy (non-hydrogen) atoms. The second kappa shape index (κ2) is 16.9. The van der Waals surface area contributed by atoms with E-state index in [9.17, 15) is 25.0 Å². The summed E-state index contributed by atoms with van der Waals surface area (Å²) in [6.07, 6.45) is 18.9. The highest BCUT2D eigenvalue weighted by atomic mass is 16.6. The molecule has 1 radical (unpaired) electrons. The Morgan fingerprint density at radius 2 is 1.33 bits per heavy atom. The quantitative estimate of drug-likeness (QED) is 0.154. The lowest BCUT2D eigenvalue weighted by Crippen LogP contribution is -1.98. The largest absolute Gasteiger partial charge is 0.291 e. The number of hydrogen-bond acceptors (Lipinski definition) is 5. The smallest absolute Gasteiger partial charge is 0.242 e. The first kappa shape index (κ1) is 24.4. The van der Waals surface area contributed by atoms with E-state index in [-0.39, 0.29) is 21.2 Å². The molecule has 0 aliphatic carbocycles. The van der Waals surface area contributed by atoms with Crippen molar-refractivity contribution in [3.63, 3.8) is 0 Å². The van der Waals surface area contributed by atoms with E-state index >= 15 is 0 Å². The van der Waals surface area contributed by atoms with E-state index in [1.54, 1.807) is 19.1 Å². The molecule has 0 aromatic rings. The first-order valence-electron chi connectivity index (χ1n) is 9.34. The van der Waals surface area contributed by atoms with Crippen LogP contribution >= 0.6 is 0 Å². The number of allylic oxidation sites excluding steroid dienone is 8. The van der Waals surface area contributed by atoms with Gasteiger partial charge in [0.1, 0.15) is 0 Å². The number of hydrogen-bond donors (Lipinski definition) is 0. The SMILES string of the molecule is CC/C(=C\C/C=C\C/C=C\C/C=C(\CCCCCC[C]=O)[N+](=O)[O-])[N+](=O)[O-]. The van der Waals surface area contributed by atoms with Crippen molar-refractivity contribution in [1.82, 2.24) is 0 Å². The highest BCUT2D eigenvalue weighted by Crippen LogP contribution is 2.12. The lowest BCUT2D eigenvalue weighted by Gasteiger charge is -1.99. The first-order valence-corrected chi connectivity index (χ1v) is 9.34. The Bertz CT molecular complexity index is 577. The predicted molar refractivity (Wildman–Crippen MR) is 106 cm³/mol. The van der Waals surface area contributed by atoms with Crippen LogP contribution in [0.5, 0.6) is 0 Å². The van der Waals surface area contributed by atoms with E-state index in [4.69, 9.17) is 0 Å². The zero-order valence-electron chi connectivity index (χ0n) is 16.0. The van der Waals surface area contributed by atoms with Gasteiger partial charge in [-0.3, -0.25) is 25.0 Å². The summed E-state index contributed by atoms with van der Waals surface area (Å²) in [4.78, 5) is 31.0. The molecule has 0 N–H and O–H groups in total. The molecule has 0 saturated heterocycles. The fraction of sp³-hybridized carbons (Fsp3) is 0.550. The molecule has 7 heteroatoms. The summed E-state index contributed by atoms with van der Waals surface area (Å²) >= 11 is 0. The van der Waals surface area contributed by atoms with E-state index in [1.807, 2.05) is 30.6 Å². The molecule has 0 spiro atoms. The van der Waals surface area contributed by atoms with Gasteiger partial charge >= 0.3 is 0 Å². The van der Waals surface area contributed by atoms with Gasteiger partial charge in [-0.1, -0.05) is 44.1 Å². The van der Waals surface area contributed by atoms with Crippen LogP contribution in [0.15, 0.2) is 47.9 Å². The minimum atomic E-state index is -0.364. The maximum atomic E-state index is 11.0. The molecule has 7 nitrogen and oxygen atoms in total. The molecular weight excluding hydrogens is 348 g/mol. The molecule has 0 aliphatic rings. The third-order valence-electron chi connectivity index (χ3n) is 3.88. The second-order valence-electron chi connectivity index (χ2n) is 5.97. The number of carbonyl (C=O) groups excluding carboxylic acids is 1. The van der Waals surface area contributed by atoms with Gasteiger partial charge in [0.15, 0.2) is 6.29 Å². The summed E-state index contributed by atoms with van der Waals surface area (Å²) in [5.74, 6) is 0. The summed E-state index contributed by atoms with van der Waals surface area (Å²) in [6, 6.07) is 0. The Morgan fingerprint density at radius 3 is 1.85 bits per heavy atom. The van der Waals surface area contributed by atoms with E-state index in [1.165, 1.54) is 0 Å². The molecule has 0 heterocycles. The summed E-state index contributed by atoms with van der Waals surface area (Å²) in [7, 11) is 0. The van der Waals surface area contributed by atoms with Crippen molar-refractivity contribution < 1.29 is 14.6 Å². The van der Waals surface area contributed by atoms with Crippen molar-refractivity contribution >= 4 is 6.29 Å².